The molecule has 4 nitrogen and oxygen atoms in total. The van der Waals surface area contributed by atoms with Crippen molar-refractivity contribution < 1.29 is 9.15 Å². The van der Waals surface area contributed by atoms with Gasteiger partial charge in [0.25, 0.3) is 5.89 Å². The molecule has 1 aliphatic heterocycles. The number of thiophene rings is 1. The first-order valence-electron chi connectivity index (χ1n) is 5.31. The minimum absolute atomic E-state index is 0.280. The third-order valence-corrected chi connectivity index (χ3v) is 3.66. The normalized spacial score (nSPS) is 20.4. The number of aryl methyl sites for hydroxylation is 1. The summed E-state index contributed by atoms with van der Waals surface area (Å²) in [5.41, 5.74) is 0. The molecule has 0 saturated carbocycles. The van der Waals surface area contributed by atoms with Gasteiger partial charge in [0.1, 0.15) is 0 Å². The van der Waals surface area contributed by atoms with Crippen LogP contribution in [0.4, 0.5) is 0 Å². The van der Waals surface area contributed by atoms with Gasteiger partial charge in [0, 0.05) is 11.5 Å². The Morgan fingerprint density at radius 2 is 2.31 bits per heavy atom. The molecule has 0 bridgehead atoms. The summed E-state index contributed by atoms with van der Waals surface area (Å²) in [4.78, 5) is 2.29. The van der Waals surface area contributed by atoms with Gasteiger partial charge in [-0.05, 0) is 25.5 Å². The van der Waals surface area contributed by atoms with Crippen LogP contribution in [0.5, 0.6) is 0 Å². The zero-order valence-electron chi connectivity index (χ0n) is 8.97. The average molecular weight is 236 g/mol. The average Bonchev–Trinajstić information content (AvgIpc) is 2.97. The molecule has 3 rings (SSSR count). The highest BCUT2D eigenvalue weighted by Gasteiger charge is 2.24. The summed E-state index contributed by atoms with van der Waals surface area (Å²) >= 11 is 1.67. The highest BCUT2D eigenvalue weighted by atomic mass is 32.1. The molecule has 1 fully saturated rings. The first kappa shape index (κ1) is 9.99. The molecule has 2 aromatic rings. The molecule has 16 heavy (non-hydrogen) atoms. The first-order valence-corrected chi connectivity index (χ1v) is 6.12. The molecule has 0 aromatic carbocycles. The van der Waals surface area contributed by atoms with Crippen LogP contribution in [0.3, 0.4) is 0 Å². The van der Waals surface area contributed by atoms with Crippen LogP contribution in [0.2, 0.25) is 0 Å². The molecule has 0 N–H and O–H groups in total. The van der Waals surface area contributed by atoms with Gasteiger partial charge in [0.15, 0.2) is 0 Å². The van der Waals surface area contributed by atoms with E-state index in [0.717, 1.165) is 17.9 Å². The maximum absolute atomic E-state index is 5.68. The Kier molecular flexibility index (Phi) is 2.49. The Morgan fingerprint density at radius 1 is 1.38 bits per heavy atom. The second kappa shape index (κ2) is 3.99. The van der Waals surface area contributed by atoms with Crippen molar-refractivity contribution in [2.24, 2.45) is 0 Å². The fourth-order valence-electron chi connectivity index (χ4n) is 1.78. The lowest BCUT2D eigenvalue weighted by Gasteiger charge is -1.98. The number of aromatic nitrogens is 2. The molecule has 1 saturated heterocycles. The van der Waals surface area contributed by atoms with Gasteiger partial charge in [0.05, 0.1) is 17.4 Å². The van der Waals surface area contributed by atoms with Gasteiger partial charge in [-0.2, -0.15) is 0 Å². The lowest BCUT2D eigenvalue weighted by molar-refractivity contribution is 0.191. The number of ether oxygens (including phenoxy) is 1. The van der Waals surface area contributed by atoms with Gasteiger partial charge in [0.2, 0.25) is 5.89 Å². The standard InChI is InChI=1S/C11H12N2O2S/c1-7-2-3-9(16-7)11-13-12-10(15-11)8-4-5-14-6-8/h2-3,8H,4-6H2,1H3/t8-/m1/s1. The lowest BCUT2D eigenvalue weighted by Crippen LogP contribution is -1.97. The minimum atomic E-state index is 0.280. The number of rotatable bonds is 2. The van der Waals surface area contributed by atoms with Crippen molar-refractivity contribution in [1.82, 2.24) is 10.2 Å². The molecule has 0 unspecified atom stereocenters. The fraction of sp³-hybridized carbons (Fsp3) is 0.455. The van der Waals surface area contributed by atoms with E-state index in [1.807, 2.05) is 6.07 Å². The predicted molar refractivity (Wildman–Crippen MR) is 60.5 cm³/mol. The van der Waals surface area contributed by atoms with Gasteiger partial charge >= 0.3 is 0 Å². The maximum Gasteiger partial charge on any atom is 0.257 e. The number of hydrogen-bond donors (Lipinski definition) is 0. The smallest absolute Gasteiger partial charge is 0.257 e. The molecule has 0 radical (unpaired) electrons. The van der Waals surface area contributed by atoms with Crippen LogP contribution in [0, 0.1) is 6.92 Å². The Morgan fingerprint density at radius 3 is 3.00 bits per heavy atom. The van der Waals surface area contributed by atoms with E-state index in [1.165, 1.54) is 4.88 Å². The van der Waals surface area contributed by atoms with Crippen molar-refractivity contribution in [1.29, 1.82) is 0 Å². The fourth-order valence-corrected chi connectivity index (χ4v) is 2.57. The van der Waals surface area contributed by atoms with Crippen LogP contribution in [0.15, 0.2) is 16.5 Å². The molecule has 3 heterocycles. The van der Waals surface area contributed by atoms with Gasteiger partial charge in [-0.25, -0.2) is 0 Å². The Bertz CT molecular complexity index is 486. The third-order valence-electron chi connectivity index (χ3n) is 2.67. The van der Waals surface area contributed by atoms with Crippen molar-refractivity contribution in [2.75, 3.05) is 13.2 Å². The van der Waals surface area contributed by atoms with Crippen LogP contribution >= 0.6 is 11.3 Å². The topological polar surface area (TPSA) is 48.2 Å². The van der Waals surface area contributed by atoms with Crippen molar-refractivity contribution in [3.8, 4) is 10.8 Å². The molecular weight excluding hydrogens is 224 g/mol. The molecule has 2 aromatic heterocycles. The molecule has 1 aliphatic rings. The van der Waals surface area contributed by atoms with E-state index < -0.39 is 0 Å². The molecule has 0 amide bonds. The summed E-state index contributed by atoms with van der Waals surface area (Å²) in [6.45, 7) is 3.56. The van der Waals surface area contributed by atoms with Crippen molar-refractivity contribution in [3.05, 3.63) is 22.9 Å². The predicted octanol–water partition coefficient (Wildman–Crippen LogP) is 2.61. The van der Waals surface area contributed by atoms with E-state index in [0.29, 0.717) is 18.4 Å². The van der Waals surface area contributed by atoms with Crippen molar-refractivity contribution in [2.45, 2.75) is 19.3 Å². The van der Waals surface area contributed by atoms with E-state index in [-0.39, 0.29) is 5.92 Å². The molecular formula is C11H12N2O2S. The first-order chi connectivity index (χ1) is 7.83. The van der Waals surface area contributed by atoms with Gasteiger partial charge in [-0.15, -0.1) is 21.5 Å². The van der Waals surface area contributed by atoms with Crippen molar-refractivity contribution in [3.63, 3.8) is 0 Å². The highest BCUT2D eigenvalue weighted by Crippen LogP contribution is 2.30. The zero-order chi connectivity index (χ0) is 11.0. The summed E-state index contributed by atoms with van der Waals surface area (Å²) < 4.78 is 11.0. The minimum Gasteiger partial charge on any atom is -0.420 e. The summed E-state index contributed by atoms with van der Waals surface area (Å²) in [6.07, 6.45) is 0.977. The molecule has 0 spiro atoms. The zero-order valence-corrected chi connectivity index (χ0v) is 9.79. The van der Waals surface area contributed by atoms with Gasteiger partial charge in [-0.1, -0.05) is 0 Å². The van der Waals surface area contributed by atoms with Gasteiger partial charge < -0.3 is 9.15 Å². The summed E-state index contributed by atoms with van der Waals surface area (Å²) in [6, 6.07) is 4.07. The highest BCUT2D eigenvalue weighted by molar-refractivity contribution is 7.15. The Labute approximate surface area is 97.3 Å². The summed E-state index contributed by atoms with van der Waals surface area (Å²) in [5, 5.41) is 8.18. The number of nitrogens with zero attached hydrogens (tertiary/aromatic N) is 2. The van der Waals surface area contributed by atoms with Gasteiger partial charge in [-0.3, -0.25) is 0 Å². The number of hydrogen-bond acceptors (Lipinski definition) is 5. The van der Waals surface area contributed by atoms with E-state index >= 15 is 0 Å². The summed E-state index contributed by atoms with van der Waals surface area (Å²) in [5.74, 6) is 1.61. The Hall–Kier alpha value is -1.20. The van der Waals surface area contributed by atoms with Crippen LogP contribution < -0.4 is 0 Å². The van der Waals surface area contributed by atoms with E-state index in [2.05, 4.69) is 23.2 Å². The monoisotopic (exact) mass is 236 g/mol. The molecule has 84 valence electrons. The second-order valence-corrected chi connectivity index (χ2v) is 5.20. The van der Waals surface area contributed by atoms with Crippen LogP contribution in [0.25, 0.3) is 10.8 Å². The van der Waals surface area contributed by atoms with Crippen molar-refractivity contribution >= 4 is 11.3 Å². The summed E-state index contributed by atoms with van der Waals surface area (Å²) in [7, 11) is 0. The largest absolute Gasteiger partial charge is 0.420 e. The second-order valence-electron chi connectivity index (χ2n) is 3.92. The van der Waals surface area contributed by atoms with E-state index in [1.54, 1.807) is 11.3 Å². The molecule has 1 atom stereocenters. The maximum atomic E-state index is 5.68. The Balaban J connectivity index is 1.87. The van der Waals surface area contributed by atoms with Crippen LogP contribution in [-0.2, 0) is 4.74 Å². The lowest BCUT2D eigenvalue weighted by atomic mass is 10.1. The molecule has 0 aliphatic carbocycles. The quantitative estimate of drug-likeness (QED) is 0.804. The van der Waals surface area contributed by atoms with E-state index in [4.69, 9.17) is 9.15 Å². The van der Waals surface area contributed by atoms with Crippen LogP contribution in [-0.4, -0.2) is 23.4 Å². The molecule has 5 heteroatoms. The SMILES string of the molecule is Cc1ccc(-c2nnc([C@@H]3CCOC3)o2)s1. The van der Waals surface area contributed by atoms with Crippen LogP contribution in [0.1, 0.15) is 23.1 Å². The van der Waals surface area contributed by atoms with E-state index in [9.17, 15) is 0 Å². The third kappa shape index (κ3) is 1.76.